The van der Waals surface area contributed by atoms with Crippen LogP contribution in [0.3, 0.4) is 0 Å². The van der Waals surface area contributed by atoms with Gasteiger partial charge in [0.1, 0.15) is 0 Å². The Bertz CT molecular complexity index is 186. The molecule has 0 aromatic heterocycles. The van der Waals surface area contributed by atoms with Crippen LogP contribution in [0.1, 0.15) is 25.7 Å². The van der Waals surface area contributed by atoms with E-state index in [4.69, 9.17) is 4.74 Å². The Balaban J connectivity index is 2.09. The molecular formula is C10H19NO2. The van der Waals surface area contributed by atoms with Crippen LogP contribution in [0.25, 0.3) is 0 Å². The highest BCUT2D eigenvalue weighted by atomic mass is 16.5. The molecule has 2 aliphatic rings. The minimum absolute atomic E-state index is 0.280. The Morgan fingerprint density at radius 1 is 1.54 bits per heavy atom. The first-order valence-electron chi connectivity index (χ1n) is 5.19. The van der Waals surface area contributed by atoms with Crippen LogP contribution in [-0.4, -0.2) is 48.5 Å². The zero-order valence-corrected chi connectivity index (χ0v) is 8.33. The second-order valence-electron chi connectivity index (χ2n) is 4.33. The standard InChI is InChI=1S/C10H19NO2/c1-13-8-10-4-2-6-11(10)9(7-12)3-5-10/h9,12H,2-8H2,1H3/t9-,10+/m0/s1. The molecular weight excluding hydrogens is 166 g/mol. The smallest absolute Gasteiger partial charge is 0.0646 e. The SMILES string of the molecule is COC[C@]12CCCN1[C@H](CO)CC2. The van der Waals surface area contributed by atoms with Gasteiger partial charge in [0.2, 0.25) is 0 Å². The van der Waals surface area contributed by atoms with E-state index in [1.807, 2.05) is 0 Å². The van der Waals surface area contributed by atoms with Gasteiger partial charge in [0.15, 0.2) is 0 Å². The van der Waals surface area contributed by atoms with Gasteiger partial charge in [-0.25, -0.2) is 0 Å². The van der Waals surface area contributed by atoms with Crippen molar-refractivity contribution >= 4 is 0 Å². The molecule has 0 unspecified atom stereocenters. The summed E-state index contributed by atoms with van der Waals surface area (Å²) in [6.07, 6.45) is 4.85. The van der Waals surface area contributed by atoms with Crippen molar-refractivity contribution in [3.63, 3.8) is 0 Å². The lowest BCUT2D eigenvalue weighted by atomic mass is 9.95. The predicted molar refractivity (Wildman–Crippen MR) is 50.7 cm³/mol. The molecule has 1 N–H and O–H groups in total. The summed E-state index contributed by atoms with van der Waals surface area (Å²) in [5, 5.41) is 9.21. The van der Waals surface area contributed by atoms with Crippen molar-refractivity contribution in [1.29, 1.82) is 0 Å². The lowest BCUT2D eigenvalue weighted by molar-refractivity contribution is 0.0374. The number of rotatable bonds is 3. The molecule has 2 heterocycles. The van der Waals surface area contributed by atoms with Gasteiger partial charge < -0.3 is 9.84 Å². The second kappa shape index (κ2) is 3.56. The normalized spacial score (nSPS) is 39.7. The second-order valence-corrected chi connectivity index (χ2v) is 4.33. The predicted octanol–water partition coefficient (Wildman–Crippen LogP) is 0.622. The first kappa shape index (κ1) is 9.44. The van der Waals surface area contributed by atoms with E-state index in [1.165, 1.54) is 19.3 Å². The Hall–Kier alpha value is -0.120. The molecule has 2 fully saturated rings. The monoisotopic (exact) mass is 185 g/mol. The third kappa shape index (κ3) is 1.39. The Morgan fingerprint density at radius 3 is 3.08 bits per heavy atom. The van der Waals surface area contributed by atoms with Crippen molar-refractivity contribution in [3.05, 3.63) is 0 Å². The molecule has 76 valence electrons. The summed E-state index contributed by atoms with van der Waals surface area (Å²) in [6, 6.07) is 0.401. The topological polar surface area (TPSA) is 32.7 Å². The maximum Gasteiger partial charge on any atom is 0.0646 e. The quantitative estimate of drug-likeness (QED) is 0.699. The Kier molecular flexibility index (Phi) is 2.58. The van der Waals surface area contributed by atoms with Crippen LogP contribution in [0.5, 0.6) is 0 Å². The first-order chi connectivity index (χ1) is 6.32. The largest absolute Gasteiger partial charge is 0.395 e. The van der Waals surface area contributed by atoms with Crippen molar-refractivity contribution in [1.82, 2.24) is 4.90 Å². The Labute approximate surface area is 79.7 Å². The summed E-state index contributed by atoms with van der Waals surface area (Å²) in [7, 11) is 1.78. The van der Waals surface area contributed by atoms with Gasteiger partial charge in [-0.15, -0.1) is 0 Å². The van der Waals surface area contributed by atoms with Gasteiger partial charge in [0.25, 0.3) is 0 Å². The first-order valence-corrected chi connectivity index (χ1v) is 5.19. The zero-order chi connectivity index (χ0) is 9.31. The molecule has 0 amide bonds. The van der Waals surface area contributed by atoms with E-state index >= 15 is 0 Å². The average Bonchev–Trinajstić information content (AvgIpc) is 2.62. The average molecular weight is 185 g/mol. The van der Waals surface area contributed by atoms with Gasteiger partial charge in [-0.05, 0) is 32.2 Å². The maximum absolute atomic E-state index is 9.21. The molecule has 2 rings (SSSR count). The highest BCUT2D eigenvalue weighted by Gasteiger charge is 2.48. The van der Waals surface area contributed by atoms with E-state index in [0.717, 1.165) is 19.6 Å². The number of aliphatic hydroxyl groups excluding tert-OH is 1. The minimum Gasteiger partial charge on any atom is -0.395 e. The molecule has 0 radical (unpaired) electrons. The van der Waals surface area contributed by atoms with Crippen molar-refractivity contribution < 1.29 is 9.84 Å². The molecule has 3 heteroatoms. The summed E-state index contributed by atoms with van der Waals surface area (Å²) in [6.45, 7) is 2.30. The summed E-state index contributed by atoms with van der Waals surface area (Å²) >= 11 is 0. The summed E-state index contributed by atoms with van der Waals surface area (Å²) in [5.74, 6) is 0. The minimum atomic E-state index is 0.280. The van der Waals surface area contributed by atoms with Gasteiger partial charge in [-0.2, -0.15) is 0 Å². The zero-order valence-electron chi connectivity index (χ0n) is 8.33. The highest BCUT2D eigenvalue weighted by Crippen LogP contribution is 2.42. The summed E-state index contributed by atoms with van der Waals surface area (Å²) in [4.78, 5) is 2.47. The Morgan fingerprint density at radius 2 is 2.38 bits per heavy atom. The van der Waals surface area contributed by atoms with E-state index in [2.05, 4.69) is 4.90 Å². The van der Waals surface area contributed by atoms with Gasteiger partial charge in [-0.3, -0.25) is 4.90 Å². The van der Waals surface area contributed by atoms with E-state index in [1.54, 1.807) is 7.11 Å². The van der Waals surface area contributed by atoms with E-state index < -0.39 is 0 Å². The number of hydrogen-bond acceptors (Lipinski definition) is 3. The van der Waals surface area contributed by atoms with Gasteiger partial charge in [-0.1, -0.05) is 0 Å². The van der Waals surface area contributed by atoms with Crippen molar-refractivity contribution in [2.75, 3.05) is 26.9 Å². The molecule has 0 saturated carbocycles. The number of fused-ring (bicyclic) bond motifs is 1. The van der Waals surface area contributed by atoms with Crippen LogP contribution >= 0.6 is 0 Å². The molecule has 0 spiro atoms. The van der Waals surface area contributed by atoms with Gasteiger partial charge in [0, 0.05) is 18.7 Å². The van der Waals surface area contributed by atoms with Crippen LogP contribution in [0.15, 0.2) is 0 Å². The van der Waals surface area contributed by atoms with Crippen LogP contribution in [0.2, 0.25) is 0 Å². The molecule has 13 heavy (non-hydrogen) atoms. The maximum atomic E-state index is 9.21. The summed E-state index contributed by atoms with van der Waals surface area (Å²) < 4.78 is 5.30. The summed E-state index contributed by atoms with van der Waals surface area (Å²) in [5.41, 5.74) is 0.280. The molecule has 0 aromatic carbocycles. The molecule has 0 aromatic rings. The molecule has 2 aliphatic heterocycles. The third-order valence-corrected chi connectivity index (χ3v) is 3.66. The number of aliphatic hydroxyl groups is 1. The highest BCUT2D eigenvalue weighted by molar-refractivity contribution is 5.04. The molecule has 0 aliphatic carbocycles. The van der Waals surface area contributed by atoms with Gasteiger partial charge >= 0.3 is 0 Å². The van der Waals surface area contributed by atoms with E-state index in [0.29, 0.717) is 12.6 Å². The lowest BCUT2D eigenvalue weighted by Gasteiger charge is -2.33. The molecule has 2 atom stereocenters. The van der Waals surface area contributed by atoms with Crippen LogP contribution < -0.4 is 0 Å². The molecule has 3 nitrogen and oxygen atoms in total. The number of ether oxygens (including phenoxy) is 1. The lowest BCUT2D eigenvalue weighted by Crippen LogP contribution is -2.46. The fourth-order valence-corrected chi connectivity index (χ4v) is 3.07. The fourth-order valence-electron chi connectivity index (χ4n) is 3.07. The van der Waals surface area contributed by atoms with E-state index in [-0.39, 0.29) is 5.54 Å². The van der Waals surface area contributed by atoms with Crippen molar-refractivity contribution in [2.45, 2.75) is 37.3 Å². The number of methoxy groups -OCH3 is 1. The van der Waals surface area contributed by atoms with Crippen LogP contribution in [0, 0.1) is 0 Å². The van der Waals surface area contributed by atoms with Crippen LogP contribution in [0.4, 0.5) is 0 Å². The number of nitrogens with zero attached hydrogens (tertiary/aromatic N) is 1. The van der Waals surface area contributed by atoms with Gasteiger partial charge in [0.05, 0.1) is 13.2 Å². The number of hydrogen-bond donors (Lipinski definition) is 1. The van der Waals surface area contributed by atoms with Crippen molar-refractivity contribution in [3.8, 4) is 0 Å². The molecule has 2 saturated heterocycles. The van der Waals surface area contributed by atoms with E-state index in [9.17, 15) is 5.11 Å². The third-order valence-electron chi connectivity index (χ3n) is 3.66. The molecule has 0 bridgehead atoms. The fraction of sp³-hybridized carbons (Fsp3) is 1.00. The van der Waals surface area contributed by atoms with Crippen molar-refractivity contribution in [2.24, 2.45) is 0 Å². The van der Waals surface area contributed by atoms with Crippen LogP contribution in [-0.2, 0) is 4.74 Å².